The van der Waals surface area contributed by atoms with E-state index in [-0.39, 0.29) is 28.4 Å². The van der Waals surface area contributed by atoms with Crippen LogP contribution in [0.15, 0.2) is 42.5 Å². The second kappa shape index (κ2) is 9.44. The SMILES string of the molecule is CCC(C(=O)O)c1ccc(N2C(=O)c3c(c(OC(F)F)c4ccccc4c3OC(F)F)C2=O)cc1F. The van der Waals surface area contributed by atoms with E-state index in [0.29, 0.717) is 4.90 Å². The Hall–Kier alpha value is -4.22. The van der Waals surface area contributed by atoms with E-state index in [1.165, 1.54) is 31.2 Å². The van der Waals surface area contributed by atoms with Crippen LogP contribution in [0.2, 0.25) is 0 Å². The predicted octanol–water partition coefficient (Wildman–Crippen LogP) is 5.56. The smallest absolute Gasteiger partial charge is 0.387 e. The van der Waals surface area contributed by atoms with Crippen LogP contribution >= 0.6 is 0 Å². The molecule has 0 saturated heterocycles. The molecule has 1 atom stereocenters. The van der Waals surface area contributed by atoms with Crippen molar-refractivity contribution in [3.8, 4) is 11.5 Å². The Morgan fingerprint density at radius 3 is 1.81 bits per heavy atom. The van der Waals surface area contributed by atoms with Gasteiger partial charge in [-0.15, -0.1) is 0 Å². The van der Waals surface area contributed by atoms with E-state index in [4.69, 9.17) is 0 Å². The zero-order valence-corrected chi connectivity index (χ0v) is 18.3. The molecule has 2 amide bonds. The zero-order valence-electron chi connectivity index (χ0n) is 18.3. The van der Waals surface area contributed by atoms with E-state index in [1.54, 1.807) is 0 Å². The number of imide groups is 1. The predicted molar refractivity (Wildman–Crippen MR) is 115 cm³/mol. The molecule has 1 unspecified atom stereocenters. The van der Waals surface area contributed by atoms with Gasteiger partial charge in [0.25, 0.3) is 11.8 Å². The third kappa shape index (κ3) is 4.08. The summed E-state index contributed by atoms with van der Waals surface area (Å²) >= 11 is 0. The van der Waals surface area contributed by atoms with Crippen LogP contribution in [0.5, 0.6) is 11.5 Å². The summed E-state index contributed by atoms with van der Waals surface area (Å²) in [5, 5.41) is 8.91. The van der Waals surface area contributed by atoms with Crippen molar-refractivity contribution in [2.75, 3.05) is 4.90 Å². The Morgan fingerprint density at radius 1 is 0.917 bits per heavy atom. The van der Waals surface area contributed by atoms with Crippen LogP contribution in [0.3, 0.4) is 0 Å². The molecule has 1 heterocycles. The number of aliphatic carboxylic acids is 1. The van der Waals surface area contributed by atoms with Gasteiger partial charge in [-0.05, 0) is 18.6 Å². The Bertz CT molecular complexity index is 1320. The first-order valence-corrected chi connectivity index (χ1v) is 10.5. The van der Waals surface area contributed by atoms with Gasteiger partial charge in [0.15, 0.2) is 0 Å². The van der Waals surface area contributed by atoms with Crippen molar-refractivity contribution < 1.29 is 50.9 Å². The number of carbonyl (C=O) groups excluding carboxylic acids is 2. The van der Waals surface area contributed by atoms with Crippen molar-refractivity contribution in [2.24, 2.45) is 0 Å². The molecule has 7 nitrogen and oxygen atoms in total. The van der Waals surface area contributed by atoms with Gasteiger partial charge in [-0.25, -0.2) is 9.29 Å². The van der Waals surface area contributed by atoms with Crippen molar-refractivity contribution in [3.63, 3.8) is 0 Å². The summed E-state index contributed by atoms with van der Waals surface area (Å²) in [6.07, 6.45) is 0.0495. The molecular weight excluding hydrogens is 493 g/mol. The molecular formula is C24H16F5NO6. The molecule has 36 heavy (non-hydrogen) atoms. The molecule has 1 aliphatic heterocycles. The summed E-state index contributed by atoms with van der Waals surface area (Å²) in [4.78, 5) is 38.4. The average Bonchev–Trinajstić information content (AvgIpc) is 3.07. The molecule has 4 rings (SSSR count). The number of carboxylic acid groups (broad SMARTS) is 1. The summed E-state index contributed by atoms with van der Waals surface area (Å²) in [5.74, 6) is -7.49. The van der Waals surface area contributed by atoms with Crippen molar-refractivity contribution in [2.45, 2.75) is 32.5 Å². The third-order valence-corrected chi connectivity index (χ3v) is 5.69. The second-order valence-corrected chi connectivity index (χ2v) is 7.66. The lowest BCUT2D eigenvalue weighted by molar-refractivity contribution is -0.138. The number of ether oxygens (including phenoxy) is 2. The highest BCUT2D eigenvalue weighted by Gasteiger charge is 2.44. The molecule has 0 bridgehead atoms. The molecule has 0 spiro atoms. The zero-order chi connectivity index (χ0) is 26.3. The van der Waals surface area contributed by atoms with E-state index in [9.17, 15) is 41.4 Å². The van der Waals surface area contributed by atoms with Gasteiger partial charge >= 0.3 is 19.2 Å². The number of hydrogen-bond donors (Lipinski definition) is 1. The third-order valence-electron chi connectivity index (χ3n) is 5.69. The molecule has 0 aromatic heterocycles. The van der Waals surface area contributed by atoms with Crippen molar-refractivity contribution in [3.05, 3.63) is 65.0 Å². The van der Waals surface area contributed by atoms with Gasteiger partial charge in [0, 0.05) is 16.3 Å². The molecule has 0 radical (unpaired) electrons. The summed E-state index contributed by atoms with van der Waals surface area (Å²) < 4.78 is 77.0. The van der Waals surface area contributed by atoms with Crippen molar-refractivity contribution in [1.29, 1.82) is 0 Å². The first-order valence-electron chi connectivity index (χ1n) is 10.5. The number of alkyl halides is 4. The Labute approximate surface area is 199 Å². The molecule has 0 aliphatic carbocycles. The van der Waals surface area contributed by atoms with Gasteiger partial charge < -0.3 is 14.6 Å². The molecule has 3 aromatic rings. The molecule has 3 aromatic carbocycles. The Balaban J connectivity index is 1.93. The number of hydrogen-bond acceptors (Lipinski definition) is 5. The Kier molecular flexibility index (Phi) is 6.53. The van der Waals surface area contributed by atoms with Gasteiger partial charge in [-0.3, -0.25) is 14.4 Å². The summed E-state index contributed by atoms with van der Waals surface area (Å²) in [6.45, 7) is -5.35. The fourth-order valence-electron chi connectivity index (χ4n) is 4.22. The van der Waals surface area contributed by atoms with Crippen LogP contribution < -0.4 is 14.4 Å². The number of fused-ring (bicyclic) bond motifs is 2. The first-order chi connectivity index (χ1) is 17.1. The van der Waals surface area contributed by atoms with E-state index in [1.807, 2.05) is 0 Å². The lowest BCUT2D eigenvalue weighted by Gasteiger charge is -2.17. The molecule has 12 heteroatoms. The van der Waals surface area contributed by atoms with Crippen LogP contribution in [-0.2, 0) is 4.79 Å². The van der Waals surface area contributed by atoms with Gasteiger partial charge in [-0.2, -0.15) is 17.6 Å². The topological polar surface area (TPSA) is 93.1 Å². The first kappa shape index (κ1) is 24.9. The minimum Gasteiger partial charge on any atom is -0.481 e. The highest BCUT2D eigenvalue weighted by molar-refractivity contribution is 6.38. The fraction of sp³-hybridized carbons (Fsp3) is 0.208. The lowest BCUT2D eigenvalue weighted by atomic mass is 9.96. The summed E-state index contributed by atoms with van der Waals surface area (Å²) in [7, 11) is 0. The standard InChI is InChI=1S/C24H16F5NO6/c1-2-11(22(33)34)12-8-7-10(9-15(12)25)30-20(31)16-17(21(30)32)19(36-24(28)29)14-6-4-3-5-13(14)18(16)35-23(26)27/h3-9,11,23-24H,2H2,1H3,(H,33,34). The van der Waals surface area contributed by atoms with Crippen LogP contribution in [-0.4, -0.2) is 36.1 Å². The quantitative estimate of drug-likeness (QED) is 0.316. The number of rotatable bonds is 8. The van der Waals surface area contributed by atoms with Crippen LogP contribution in [0.25, 0.3) is 10.8 Å². The highest BCUT2D eigenvalue weighted by atomic mass is 19.3. The van der Waals surface area contributed by atoms with Crippen LogP contribution in [0, 0.1) is 5.82 Å². The molecule has 0 fully saturated rings. The monoisotopic (exact) mass is 509 g/mol. The minimum atomic E-state index is -3.44. The van der Waals surface area contributed by atoms with Crippen LogP contribution in [0.1, 0.15) is 45.5 Å². The maximum Gasteiger partial charge on any atom is 0.387 e. The lowest BCUT2D eigenvalue weighted by Crippen LogP contribution is -2.30. The van der Waals surface area contributed by atoms with E-state index in [2.05, 4.69) is 9.47 Å². The molecule has 1 N–H and O–H groups in total. The molecule has 188 valence electrons. The van der Waals surface area contributed by atoms with E-state index in [0.717, 1.165) is 18.2 Å². The highest BCUT2D eigenvalue weighted by Crippen LogP contribution is 2.47. The van der Waals surface area contributed by atoms with Gasteiger partial charge in [0.2, 0.25) is 0 Å². The van der Waals surface area contributed by atoms with Gasteiger partial charge in [0.1, 0.15) is 17.3 Å². The second-order valence-electron chi connectivity index (χ2n) is 7.66. The maximum absolute atomic E-state index is 14.9. The Morgan fingerprint density at radius 2 is 1.42 bits per heavy atom. The largest absolute Gasteiger partial charge is 0.481 e. The number of carbonyl (C=O) groups is 3. The number of halogens is 5. The average molecular weight is 509 g/mol. The maximum atomic E-state index is 14.9. The summed E-state index contributed by atoms with van der Waals surface area (Å²) in [6, 6.07) is 8.07. The van der Waals surface area contributed by atoms with E-state index >= 15 is 0 Å². The van der Waals surface area contributed by atoms with Crippen molar-refractivity contribution in [1.82, 2.24) is 0 Å². The van der Waals surface area contributed by atoms with E-state index < -0.39 is 65.4 Å². The number of amides is 2. The molecule has 1 aliphatic rings. The van der Waals surface area contributed by atoms with Gasteiger partial charge in [-0.1, -0.05) is 37.3 Å². The van der Waals surface area contributed by atoms with Crippen LogP contribution in [0.4, 0.5) is 27.6 Å². The van der Waals surface area contributed by atoms with Crippen molar-refractivity contribution >= 4 is 34.2 Å². The number of carboxylic acids is 1. The number of anilines is 1. The fourth-order valence-corrected chi connectivity index (χ4v) is 4.22. The molecule has 0 saturated carbocycles. The van der Waals surface area contributed by atoms with Gasteiger partial charge in [0.05, 0.1) is 22.7 Å². The minimum absolute atomic E-state index is 0.0495. The summed E-state index contributed by atoms with van der Waals surface area (Å²) in [5.41, 5.74) is -2.09. The normalized spacial score (nSPS) is 14.1. The number of benzene rings is 3. The number of nitrogens with zero attached hydrogens (tertiary/aromatic N) is 1.